The number of aryl methyl sites for hydroxylation is 1. The highest BCUT2D eigenvalue weighted by molar-refractivity contribution is 5.90. The molecule has 1 saturated heterocycles. The number of carbonyl (C=O) groups excluding carboxylic acids is 2. The first-order valence-electron chi connectivity index (χ1n) is 10.7. The molecule has 0 aliphatic carbocycles. The second kappa shape index (κ2) is 11.2. The minimum absolute atomic E-state index is 0.0339. The number of anilines is 1. The topological polar surface area (TPSA) is 70.7 Å². The Morgan fingerprint density at radius 3 is 2.60 bits per heavy atom. The lowest BCUT2D eigenvalue weighted by atomic mass is 9.97. The molecule has 0 radical (unpaired) electrons. The maximum absolute atomic E-state index is 12.5. The van der Waals surface area contributed by atoms with Crippen molar-refractivity contribution in [1.29, 1.82) is 0 Å². The molecule has 0 spiro atoms. The number of para-hydroxylation sites is 1. The Morgan fingerprint density at radius 2 is 1.83 bits per heavy atom. The number of carbonyl (C=O) groups is 2. The van der Waals surface area contributed by atoms with Crippen molar-refractivity contribution in [1.82, 2.24) is 10.2 Å². The van der Waals surface area contributed by atoms with Gasteiger partial charge in [0.1, 0.15) is 5.75 Å². The van der Waals surface area contributed by atoms with Gasteiger partial charge in [-0.1, -0.05) is 35.9 Å². The molecule has 30 heavy (non-hydrogen) atoms. The summed E-state index contributed by atoms with van der Waals surface area (Å²) in [5, 5.41) is 5.91. The number of unbranched alkanes of at least 4 members (excludes halogenated alkanes) is 1. The molecule has 1 unspecified atom stereocenters. The van der Waals surface area contributed by atoms with E-state index in [9.17, 15) is 9.59 Å². The summed E-state index contributed by atoms with van der Waals surface area (Å²) in [7, 11) is 0. The van der Waals surface area contributed by atoms with Gasteiger partial charge in [0, 0.05) is 25.3 Å². The molecule has 3 rings (SSSR count). The van der Waals surface area contributed by atoms with E-state index in [-0.39, 0.29) is 17.9 Å². The van der Waals surface area contributed by atoms with Crippen LogP contribution in [0.25, 0.3) is 0 Å². The van der Waals surface area contributed by atoms with Crippen LogP contribution in [0.15, 0.2) is 54.6 Å². The monoisotopic (exact) mass is 409 g/mol. The first-order chi connectivity index (χ1) is 14.6. The molecule has 2 N–H and O–H groups in total. The molecule has 0 saturated carbocycles. The number of likely N-dealkylation sites (tertiary alicyclic amines) is 1. The quantitative estimate of drug-likeness (QED) is 0.642. The van der Waals surface area contributed by atoms with E-state index in [0.717, 1.165) is 37.1 Å². The molecule has 6 nitrogen and oxygen atoms in total. The maximum Gasteiger partial charge on any atom is 0.321 e. The van der Waals surface area contributed by atoms with Crippen molar-refractivity contribution in [2.75, 3.05) is 31.6 Å². The first-order valence-corrected chi connectivity index (χ1v) is 10.7. The van der Waals surface area contributed by atoms with E-state index >= 15 is 0 Å². The molecule has 6 heteroatoms. The lowest BCUT2D eigenvalue weighted by molar-refractivity contribution is -0.126. The fourth-order valence-electron chi connectivity index (χ4n) is 3.51. The van der Waals surface area contributed by atoms with Gasteiger partial charge in [0.2, 0.25) is 5.91 Å². The Morgan fingerprint density at radius 1 is 1.07 bits per heavy atom. The van der Waals surface area contributed by atoms with Crippen molar-refractivity contribution in [3.8, 4) is 5.75 Å². The van der Waals surface area contributed by atoms with Crippen LogP contribution in [0.1, 0.15) is 31.2 Å². The minimum atomic E-state index is -0.149. The molecule has 1 fully saturated rings. The van der Waals surface area contributed by atoms with Gasteiger partial charge in [-0.05, 0) is 56.9 Å². The van der Waals surface area contributed by atoms with Crippen LogP contribution in [0.5, 0.6) is 5.75 Å². The molecule has 3 amide bonds. The largest absolute Gasteiger partial charge is 0.494 e. The number of nitrogens with zero attached hydrogens (tertiary/aromatic N) is 1. The predicted octanol–water partition coefficient (Wildman–Crippen LogP) is 4.21. The van der Waals surface area contributed by atoms with E-state index in [1.54, 1.807) is 4.90 Å². The lowest BCUT2D eigenvalue weighted by Gasteiger charge is -2.32. The summed E-state index contributed by atoms with van der Waals surface area (Å²) in [6.45, 7) is 4.45. The van der Waals surface area contributed by atoms with Crippen LogP contribution in [-0.2, 0) is 4.79 Å². The molecule has 2 aromatic carbocycles. The number of urea groups is 1. The van der Waals surface area contributed by atoms with Crippen molar-refractivity contribution < 1.29 is 14.3 Å². The highest BCUT2D eigenvalue weighted by Gasteiger charge is 2.28. The third-order valence-electron chi connectivity index (χ3n) is 5.26. The number of ether oxygens (including phenoxy) is 1. The molecule has 1 aliphatic heterocycles. The second-order valence-electron chi connectivity index (χ2n) is 7.74. The first kappa shape index (κ1) is 21.7. The molecule has 160 valence electrons. The Bertz CT molecular complexity index is 808. The van der Waals surface area contributed by atoms with Gasteiger partial charge in [0.25, 0.3) is 0 Å². The van der Waals surface area contributed by atoms with Crippen LogP contribution in [-0.4, -0.2) is 43.1 Å². The molecule has 2 aromatic rings. The molecule has 0 bridgehead atoms. The van der Waals surface area contributed by atoms with Crippen LogP contribution in [0, 0.1) is 12.8 Å². The molecular weight excluding hydrogens is 378 g/mol. The summed E-state index contributed by atoms with van der Waals surface area (Å²) < 4.78 is 5.71. The Balaban J connectivity index is 1.32. The van der Waals surface area contributed by atoms with Crippen molar-refractivity contribution in [3.05, 3.63) is 60.2 Å². The lowest BCUT2D eigenvalue weighted by Crippen LogP contribution is -2.47. The number of hydrogen-bond acceptors (Lipinski definition) is 3. The van der Waals surface area contributed by atoms with Crippen molar-refractivity contribution in [3.63, 3.8) is 0 Å². The molecule has 1 aliphatic rings. The van der Waals surface area contributed by atoms with Gasteiger partial charge in [0.05, 0.1) is 12.5 Å². The van der Waals surface area contributed by atoms with Crippen LogP contribution >= 0.6 is 0 Å². The summed E-state index contributed by atoms with van der Waals surface area (Å²) in [6.07, 6.45) is 3.40. The van der Waals surface area contributed by atoms with Gasteiger partial charge < -0.3 is 20.3 Å². The number of hydrogen-bond donors (Lipinski definition) is 2. The van der Waals surface area contributed by atoms with Gasteiger partial charge in [-0.15, -0.1) is 0 Å². The van der Waals surface area contributed by atoms with E-state index in [4.69, 9.17) is 4.74 Å². The maximum atomic E-state index is 12.5. The second-order valence-corrected chi connectivity index (χ2v) is 7.74. The molecular formula is C24H31N3O3. The number of piperidine rings is 1. The highest BCUT2D eigenvalue weighted by Crippen LogP contribution is 2.18. The van der Waals surface area contributed by atoms with Crippen LogP contribution in [0.2, 0.25) is 0 Å². The van der Waals surface area contributed by atoms with Gasteiger partial charge in [0.15, 0.2) is 0 Å². The van der Waals surface area contributed by atoms with Gasteiger partial charge in [-0.25, -0.2) is 4.79 Å². The summed E-state index contributed by atoms with van der Waals surface area (Å²) >= 11 is 0. The summed E-state index contributed by atoms with van der Waals surface area (Å²) in [4.78, 5) is 26.7. The zero-order valence-corrected chi connectivity index (χ0v) is 17.6. The molecule has 1 heterocycles. The van der Waals surface area contributed by atoms with E-state index in [0.29, 0.717) is 26.2 Å². The SMILES string of the molecule is Cc1ccc(OCCCCNC(=O)C2CCCN(C(=O)Nc3ccccc3)C2)cc1. The highest BCUT2D eigenvalue weighted by atomic mass is 16.5. The fourth-order valence-corrected chi connectivity index (χ4v) is 3.51. The Hall–Kier alpha value is -3.02. The summed E-state index contributed by atoms with van der Waals surface area (Å²) in [6, 6.07) is 17.2. The van der Waals surface area contributed by atoms with Crippen LogP contribution in [0.3, 0.4) is 0 Å². The van der Waals surface area contributed by atoms with Crippen LogP contribution < -0.4 is 15.4 Å². The predicted molar refractivity (Wildman–Crippen MR) is 119 cm³/mol. The third kappa shape index (κ3) is 6.79. The number of rotatable bonds is 8. The van der Waals surface area contributed by atoms with Crippen LogP contribution in [0.4, 0.5) is 10.5 Å². The van der Waals surface area contributed by atoms with Gasteiger partial charge in [-0.2, -0.15) is 0 Å². The van der Waals surface area contributed by atoms with Gasteiger partial charge in [-0.3, -0.25) is 4.79 Å². The van der Waals surface area contributed by atoms with E-state index < -0.39 is 0 Å². The zero-order valence-electron chi connectivity index (χ0n) is 17.6. The summed E-state index contributed by atoms with van der Waals surface area (Å²) in [5.74, 6) is 0.761. The smallest absolute Gasteiger partial charge is 0.321 e. The van der Waals surface area contributed by atoms with Crippen molar-refractivity contribution in [2.45, 2.75) is 32.6 Å². The Labute approximate surface area is 178 Å². The molecule has 1 atom stereocenters. The average molecular weight is 410 g/mol. The third-order valence-corrected chi connectivity index (χ3v) is 5.26. The number of nitrogens with one attached hydrogen (secondary N) is 2. The van der Waals surface area contributed by atoms with E-state index in [1.807, 2.05) is 61.5 Å². The number of amides is 3. The zero-order chi connectivity index (χ0) is 21.2. The van der Waals surface area contributed by atoms with E-state index in [2.05, 4.69) is 10.6 Å². The van der Waals surface area contributed by atoms with Crippen molar-refractivity contribution >= 4 is 17.6 Å². The fraction of sp³-hybridized carbons (Fsp3) is 0.417. The standard InChI is InChI=1S/C24H31N3O3/c1-19-11-13-22(14-12-19)30-17-6-5-15-25-23(28)20-8-7-16-27(18-20)24(29)26-21-9-3-2-4-10-21/h2-4,9-14,20H,5-8,15-18H2,1H3,(H,25,28)(H,26,29). The number of benzene rings is 2. The normalized spacial score (nSPS) is 16.0. The summed E-state index contributed by atoms with van der Waals surface area (Å²) in [5.41, 5.74) is 1.98. The van der Waals surface area contributed by atoms with E-state index in [1.165, 1.54) is 5.56 Å². The average Bonchev–Trinajstić information content (AvgIpc) is 2.78. The Kier molecular flexibility index (Phi) is 8.12. The van der Waals surface area contributed by atoms with Crippen molar-refractivity contribution in [2.24, 2.45) is 5.92 Å². The van der Waals surface area contributed by atoms with Gasteiger partial charge >= 0.3 is 6.03 Å². The minimum Gasteiger partial charge on any atom is -0.494 e. The molecule has 0 aromatic heterocycles.